The maximum absolute atomic E-state index is 2.43. The number of rotatable bonds is 0. The molecule has 6 aromatic rings. The normalized spacial score (nSPS) is 14.9. The molecular weight excluding hydrogens is 408 g/mol. The van der Waals surface area contributed by atoms with E-state index in [1.807, 2.05) is 0 Å². The number of benzene rings is 6. The quantitative estimate of drug-likeness (QED) is 0.224. The molecule has 0 unspecified atom stereocenters. The van der Waals surface area contributed by atoms with Crippen LogP contribution in [-0.2, 0) is 11.8 Å². The molecule has 0 saturated carbocycles. The Kier molecular flexibility index (Phi) is 3.35. The van der Waals surface area contributed by atoms with Gasteiger partial charge in [0.1, 0.15) is 0 Å². The summed E-state index contributed by atoms with van der Waals surface area (Å²) in [6.45, 7) is 4.86. The second-order valence-electron chi connectivity index (χ2n) is 10.5. The van der Waals surface area contributed by atoms with E-state index in [-0.39, 0.29) is 5.41 Å². The molecule has 0 nitrogen and oxygen atoms in total. The van der Waals surface area contributed by atoms with Crippen molar-refractivity contribution < 1.29 is 0 Å². The Bertz CT molecular complexity index is 1850. The first kappa shape index (κ1) is 18.5. The Morgan fingerprint density at radius 3 is 1.97 bits per heavy atom. The van der Waals surface area contributed by atoms with Gasteiger partial charge in [-0.2, -0.15) is 0 Å². The molecule has 0 heterocycles. The van der Waals surface area contributed by atoms with Crippen LogP contribution < -0.4 is 0 Å². The number of hydrogen-bond donors (Lipinski definition) is 0. The summed E-state index contributed by atoms with van der Waals surface area (Å²) < 4.78 is 0. The number of hydrogen-bond acceptors (Lipinski definition) is 0. The van der Waals surface area contributed by atoms with Crippen LogP contribution in [0.1, 0.15) is 36.1 Å². The molecule has 0 N–H and O–H groups in total. The van der Waals surface area contributed by atoms with Gasteiger partial charge < -0.3 is 0 Å². The molecule has 2 aliphatic carbocycles. The van der Waals surface area contributed by atoms with Crippen molar-refractivity contribution >= 4 is 32.3 Å². The molecule has 0 aliphatic heterocycles. The van der Waals surface area contributed by atoms with Gasteiger partial charge in [-0.25, -0.2) is 0 Å². The molecule has 0 radical (unpaired) electrons. The van der Waals surface area contributed by atoms with Crippen LogP contribution in [0, 0.1) is 0 Å². The van der Waals surface area contributed by atoms with E-state index in [0.717, 1.165) is 6.42 Å². The average Bonchev–Trinajstić information content (AvgIpc) is 3.35. The zero-order valence-corrected chi connectivity index (χ0v) is 19.4. The standard InChI is InChI=1S/C34H24/c1-34(2)32-24-12-6-5-9-20(24)15-16-27(32)31-29-19-23-17-21-10-3-4-11-22(21)18-28(23)30(29)25-13-7-8-14-26(25)33(31)34/h3-18H,19H2,1-2H3. The molecule has 0 spiro atoms. The highest BCUT2D eigenvalue weighted by atomic mass is 14.4. The summed E-state index contributed by atoms with van der Waals surface area (Å²) in [5.41, 5.74) is 11.7. The van der Waals surface area contributed by atoms with Gasteiger partial charge in [0, 0.05) is 5.41 Å². The van der Waals surface area contributed by atoms with Gasteiger partial charge in [-0.05, 0) is 89.3 Å². The van der Waals surface area contributed by atoms with Crippen LogP contribution in [0.25, 0.3) is 54.6 Å². The fraction of sp³-hybridized carbons (Fsp3) is 0.118. The van der Waals surface area contributed by atoms with Gasteiger partial charge in [0.15, 0.2) is 0 Å². The summed E-state index contributed by atoms with van der Waals surface area (Å²) in [5, 5.41) is 8.18. The van der Waals surface area contributed by atoms with Crippen molar-refractivity contribution in [3.05, 3.63) is 119 Å². The Morgan fingerprint density at radius 1 is 0.529 bits per heavy atom. The third-order valence-corrected chi connectivity index (χ3v) is 8.38. The van der Waals surface area contributed by atoms with E-state index < -0.39 is 0 Å². The Hall–Kier alpha value is -3.90. The van der Waals surface area contributed by atoms with E-state index in [1.54, 1.807) is 0 Å². The summed E-state index contributed by atoms with van der Waals surface area (Å²) in [7, 11) is 0. The first-order valence-electron chi connectivity index (χ1n) is 12.3. The summed E-state index contributed by atoms with van der Waals surface area (Å²) in [6, 6.07) is 36.3. The van der Waals surface area contributed by atoms with Gasteiger partial charge >= 0.3 is 0 Å². The summed E-state index contributed by atoms with van der Waals surface area (Å²) >= 11 is 0. The van der Waals surface area contributed by atoms with Crippen LogP contribution in [0.15, 0.2) is 97.1 Å². The Labute approximate surface area is 199 Å². The summed E-state index contributed by atoms with van der Waals surface area (Å²) in [4.78, 5) is 0. The lowest BCUT2D eigenvalue weighted by Crippen LogP contribution is -2.16. The van der Waals surface area contributed by atoms with Crippen molar-refractivity contribution in [2.45, 2.75) is 25.7 Å². The summed E-state index contributed by atoms with van der Waals surface area (Å²) in [6.07, 6.45) is 1.00. The Morgan fingerprint density at radius 2 is 1.18 bits per heavy atom. The van der Waals surface area contributed by atoms with Gasteiger partial charge in [-0.1, -0.05) is 105 Å². The van der Waals surface area contributed by atoms with E-state index >= 15 is 0 Å². The topological polar surface area (TPSA) is 0 Å². The van der Waals surface area contributed by atoms with Crippen LogP contribution in [0.5, 0.6) is 0 Å². The zero-order chi connectivity index (χ0) is 22.6. The van der Waals surface area contributed by atoms with Gasteiger partial charge in [0.25, 0.3) is 0 Å². The second-order valence-corrected chi connectivity index (χ2v) is 10.5. The van der Waals surface area contributed by atoms with Gasteiger partial charge in [0.05, 0.1) is 0 Å². The molecular formula is C34H24. The van der Waals surface area contributed by atoms with Crippen LogP contribution >= 0.6 is 0 Å². The zero-order valence-electron chi connectivity index (χ0n) is 19.4. The molecule has 34 heavy (non-hydrogen) atoms. The van der Waals surface area contributed by atoms with Crippen molar-refractivity contribution in [3.63, 3.8) is 0 Å². The highest BCUT2D eigenvalue weighted by molar-refractivity contribution is 6.13. The molecule has 160 valence electrons. The van der Waals surface area contributed by atoms with E-state index in [2.05, 4.69) is 111 Å². The number of fused-ring (bicyclic) bond motifs is 13. The van der Waals surface area contributed by atoms with E-state index in [4.69, 9.17) is 0 Å². The minimum absolute atomic E-state index is 0.0559. The molecule has 8 rings (SSSR count). The maximum atomic E-state index is 2.43. The van der Waals surface area contributed by atoms with Gasteiger partial charge in [0.2, 0.25) is 0 Å². The van der Waals surface area contributed by atoms with Crippen molar-refractivity contribution in [2.75, 3.05) is 0 Å². The molecule has 0 atom stereocenters. The lowest BCUT2D eigenvalue weighted by Gasteiger charge is -2.25. The van der Waals surface area contributed by atoms with E-state index in [9.17, 15) is 0 Å². The minimum Gasteiger partial charge on any atom is -0.0616 e. The van der Waals surface area contributed by atoms with Crippen molar-refractivity contribution in [2.24, 2.45) is 0 Å². The van der Waals surface area contributed by atoms with E-state index in [0.29, 0.717) is 0 Å². The van der Waals surface area contributed by atoms with Crippen molar-refractivity contribution in [3.8, 4) is 22.3 Å². The third-order valence-electron chi connectivity index (χ3n) is 8.38. The molecule has 0 bridgehead atoms. The maximum Gasteiger partial charge on any atom is 0.0171 e. The Balaban J connectivity index is 1.56. The predicted molar refractivity (Wildman–Crippen MR) is 145 cm³/mol. The molecule has 6 aromatic carbocycles. The third kappa shape index (κ3) is 2.14. The highest BCUT2D eigenvalue weighted by Crippen LogP contribution is 2.59. The van der Waals surface area contributed by atoms with E-state index in [1.165, 1.54) is 76.8 Å². The minimum atomic E-state index is -0.0559. The summed E-state index contributed by atoms with van der Waals surface area (Å²) in [5.74, 6) is 0. The predicted octanol–water partition coefficient (Wildman–Crippen LogP) is 9.02. The lowest BCUT2D eigenvalue weighted by molar-refractivity contribution is 0.672. The smallest absolute Gasteiger partial charge is 0.0171 e. The molecule has 0 fully saturated rings. The molecule has 0 heteroatoms. The van der Waals surface area contributed by atoms with Crippen molar-refractivity contribution in [1.29, 1.82) is 0 Å². The molecule has 0 amide bonds. The SMILES string of the molecule is CC1(C)c2c(ccc3ccccc23)-c2c3c(c4ccccc4c21)-c1cc2ccccc2cc1C3. The average molecular weight is 433 g/mol. The van der Waals surface area contributed by atoms with Crippen LogP contribution in [-0.4, -0.2) is 0 Å². The largest absolute Gasteiger partial charge is 0.0616 e. The first-order valence-corrected chi connectivity index (χ1v) is 12.3. The van der Waals surface area contributed by atoms with Gasteiger partial charge in [-0.15, -0.1) is 0 Å². The molecule has 2 aliphatic rings. The monoisotopic (exact) mass is 432 g/mol. The highest BCUT2D eigenvalue weighted by Gasteiger charge is 2.42. The molecule has 0 aromatic heterocycles. The van der Waals surface area contributed by atoms with Gasteiger partial charge in [-0.3, -0.25) is 0 Å². The second kappa shape index (κ2) is 6.15. The lowest BCUT2D eigenvalue weighted by atomic mass is 9.77. The fourth-order valence-electron chi connectivity index (χ4n) is 7.06. The van der Waals surface area contributed by atoms with Crippen LogP contribution in [0.4, 0.5) is 0 Å². The molecule has 0 saturated heterocycles. The van der Waals surface area contributed by atoms with Crippen molar-refractivity contribution in [1.82, 2.24) is 0 Å². The fourth-order valence-corrected chi connectivity index (χ4v) is 7.06. The first-order chi connectivity index (χ1) is 16.6. The van der Waals surface area contributed by atoms with Crippen LogP contribution in [0.3, 0.4) is 0 Å². The van der Waals surface area contributed by atoms with Crippen LogP contribution in [0.2, 0.25) is 0 Å².